The third-order valence-corrected chi connectivity index (χ3v) is 5.42. The molecule has 3 rings (SSSR count). The Hall–Kier alpha value is -1.52. The monoisotopic (exact) mass is 389 g/mol. The van der Waals surface area contributed by atoms with E-state index in [0.717, 1.165) is 41.8 Å². The molecule has 1 heterocycles. The van der Waals surface area contributed by atoms with Crippen LogP contribution in [0.3, 0.4) is 0 Å². The number of hydrogen-bond donors (Lipinski definition) is 0. The quantitative estimate of drug-likeness (QED) is 0.743. The number of fused-ring (bicyclic) bond motifs is 1. The molecule has 0 spiro atoms. The first-order chi connectivity index (χ1) is 11.6. The Morgan fingerprint density at radius 2 is 1.75 bits per heavy atom. The molecule has 128 valence electrons. The van der Waals surface area contributed by atoms with Gasteiger partial charge in [-0.3, -0.25) is 4.90 Å². The van der Waals surface area contributed by atoms with Gasteiger partial charge in [0.1, 0.15) is 0 Å². The van der Waals surface area contributed by atoms with Crippen LogP contribution in [-0.4, -0.2) is 32.7 Å². The van der Waals surface area contributed by atoms with Crippen molar-refractivity contribution in [1.29, 1.82) is 0 Å². The summed E-state index contributed by atoms with van der Waals surface area (Å²) in [5.74, 6) is 1.65. The van der Waals surface area contributed by atoms with Crippen LogP contribution in [0, 0.1) is 0 Å². The maximum absolute atomic E-state index is 5.51. The van der Waals surface area contributed by atoms with E-state index in [4.69, 9.17) is 9.47 Å². The average Bonchev–Trinajstić information content (AvgIpc) is 2.61. The minimum atomic E-state index is 0.414. The summed E-state index contributed by atoms with van der Waals surface area (Å²) >= 11 is 3.50. The molecule has 0 saturated carbocycles. The Kier molecular flexibility index (Phi) is 5.47. The van der Waals surface area contributed by atoms with E-state index in [9.17, 15) is 0 Å². The zero-order valence-electron chi connectivity index (χ0n) is 14.5. The zero-order chi connectivity index (χ0) is 17.1. The Balaban J connectivity index is 1.84. The third-order valence-electron chi connectivity index (χ3n) is 4.89. The van der Waals surface area contributed by atoms with Crippen LogP contribution in [0.15, 0.2) is 40.9 Å². The number of benzene rings is 2. The maximum atomic E-state index is 5.51. The lowest BCUT2D eigenvalue weighted by Crippen LogP contribution is -2.32. The number of halogens is 1. The van der Waals surface area contributed by atoms with Crippen LogP contribution in [0.2, 0.25) is 0 Å². The lowest BCUT2D eigenvalue weighted by Gasteiger charge is -2.35. The molecule has 0 fully saturated rings. The minimum Gasteiger partial charge on any atom is -0.493 e. The fourth-order valence-corrected chi connectivity index (χ4v) is 3.75. The summed E-state index contributed by atoms with van der Waals surface area (Å²) in [5.41, 5.74) is 4.13. The molecule has 0 aromatic heterocycles. The first kappa shape index (κ1) is 17.3. The Morgan fingerprint density at radius 1 is 1.08 bits per heavy atom. The van der Waals surface area contributed by atoms with Gasteiger partial charge in [0.25, 0.3) is 0 Å². The van der Waals surface area contributed by atoms with Crippen molar-refractivity contribution in [3.8, 4) is 11.5 Å². The predicted molar refractivity (Wildman–Crippen MR) is 101 cm³/mol. The highest BCUT2D eigenvalue weighted by Crippen LogP contribution is 2.39. The summed E-state index contributed by atoms with van der Waals surface area (Å²) in [7, 11) is 5.61. The standard InChI is InChI=1S/C20H24BrNO2/c1-22-11-10-15-12-19(23-2)20(24-3)13-17(15)18(22)9-6-14-4-7-16(21)8-5-14/h4-5,7-8,12-13,18H,6,9-11H2,1-3H3. The topological polar surface area (TPSA) is 21.7 Å². The minimum absolute atomic E-state index is 0.414. The average molecular weight is 390 g/mol. The predicted octanol–water partition coefficient (Wildman–Crippen LogP) is 4.63. The molecule has 24 heavy (non-hydrogen) atoms. The van der Waals surface area contributed by atoms with Gasteiger partial charge in [0.05, 0.1) is 14.2 Å². The maximum Gasteiger partial charge on any atom is 0.161 e. The molecule has 1 aliphatic heterocycles. The molecule has 0 radical (unpaired) electrons. The fraction of sp³-hybridized carbons (Fsp3) is 0.400. The fourth-order valence-electron chi connectivity index (χ4n) is 3.48. The highest BCUT2D eigenvalue weighted by atomic mass is 79.9. The van der Waals surface area contributed by atoms with Gasteiger partial charge >= 0.3 is 0 Å². The second kappa shape index (κ2) is 7.58. The Labute approximate surface area is 152 Å². The van der Waals surface area contributed by atoms with Crippen LogP contribution < -0.4 is 9.47 Å². The SMILES string of the molecule is COc1cc2c(cc1OC)C(CCc1ccc(Br)cc1)N(C)CC2. The van der Waals surface area contributed by atoms with Crippen molar-refractivity contribution in [2.45, 2.75) is 25.3 Å². The summed E-state index contributed by atoms with van der Waals surface area (Å²) in [4.78, 5) is 2.45. The smallest absolute Gasteiger partial charge is 0.161 e. The van der Waals surface area contributed by atoms with Crippen molar-refractivity contribution < 1.29 is 9.47 Å². The number of methoxy groups -OCH3 is 2. The molecule has 2 aromatic rings. The third kappa shape index (κ3) is 3.60. The van der Waals surface area contributed by atoms with Crippen molar-refractivity contribution in [1.82, 2.24) is 4.90 Å². The zero-order valence-corrected chi connectivity index (χ0v) is 16.1. The Morgan fingerprint density at radius 3 is 2.42 bits per heavy atom. The first-order valence-corrected chi connectivity index (χ1v) is 9.11. The van der Waals surface area contributed by atoms with E-state index in [0.29, 0.717) is 6.04 Å². The van der Waals surface area contributed by atoms with Crippen molar-refractivity contribution in [3.63, 3.8) is 0 Å². The summed E-state index contributed by atoms with van der Waals surface area (Å²) in [6.45, 7) is 1.08. The summed E-state index contributed by atoms with van der Waals surface area (Å²) < 4.78 is 12.1. The molecule has 1 atom stereocenters. The van der Waals surface area contributed by atoms with E-state index in [-0.39, 0.29) is 0 Å². The molecule has 4 heteroatoms. The summed E-state index contributed by atoms with van der Waals surface area (Å²) in [6.07, 6.45) is 3.22. The molecule has 2 aromatic carbocycles. The van der Waals surface area contributed by atoms with Crippen molar-refractivity contribution >= 4 is 15.9 Å². The second-order valence-corrected chi connectivity index (χ2v) is 7.23. The lowest BCUT2D eigenvalue weighted by molar-refractivity contribution is 0.218. The van der Waals surface area contributed by atoms with Gasteiger partial charge in [-0.25, -0.2) is 0 Å². The second-order valence-electron chi connectivity index (χ2n) is 6.32. The number of ether oxygens (including phenoxy) is 2. The lowest BCUT2D eigenvalue weighted by atomic mass is 9.89. The molecule has 0 amide bonds. The van der Waals surface area contributed by atoms with Crippen LogP contribution in [0.25, 0.3) is 0 Å². The van der Waals surface area contributed by atoms with Crippen LogP contribution >= 0.6 is 15.9 Å². The van der Waals surface area contributed by atoms with Gasteiger partial charge in [0.15, 0.2) is 11.5 Å². The number of likely N-dealkylation sites (N-methyl/N-ethyl adjacent to an activating group) is 1. The molecule has 0 N–H and O–H groups in total. The van der Waals surface area contributed by atoms with Gasteiger partial charge < -0.3 is 9.47 Å². The van der Waals surface area contributed by atoms with Crippen LogP contribution in [0.1, 0.15) is 29.2 Å². The summed E-state index contributed by atoms with van der Waals surface area (Å²) in [6, 6.07) is 13.3. The molecule has 1 aliphatic rings. The summed E-state index contributed by atoms with van der Waals surface area (Å²) in [5, 5.41) is 0. The number of nitrogens with zero attached hydrogens (tertiary/aromatic N) is 1. The van der Waals surface area contributed by atoms with Gasteiger partial charge in [-0.1, -0.05) is 28.1 Å². The van der Waals surface area contributed by atoms with Crippen molar-refractivity contribution in [2.24, 2.45) is 0 Å². The van der Waals surface area contributed by atoms with Crippen LogP contribution in [0.5, 0.6) is 11.5 Å². The van der Waals surface area contributed by atoms with E-state index in [1.807, 2.05) is 0 Å². The van der Waals surface area contributed by atoms with Gasteiger partial charge in [-0.15, -0.1) is 0 Å². The molecule has 0 aliphatic carbocycles. The van der Waals surface area contributed by atoms with Gasteiger partial charge in [-0.05, 0) is 67.3 Å². The van der Waals surface area contributed by atoms with Crippen molar-refractivity contribution in [2.75, 3.05) is 27.8 Å². The first-order valence-electron chi connectivity index (χ1n) is 8.32. The molecule has 1 unspecified atom stereocenters. The number of hydrogen-bond acceptors (Lipinski definition) is 3. The van der Waals surface area contributed by atoms with Crippen LogP contribution in [-0.2, 0) is 12.8 Å². The highest BCUT2D eigenvalue weighted by Gasteiger charge is 2.26. The van der Waals surface area contributed by atoms with E-state index in [1.165, 1.54) is 16.7 Å². The number of aryl methyl sites for hydroxylation is 1. The molecule has 0 bridgehead atoms. The normalized spacial score (nSPS) is 17.4. The van der Waals surface area contributed by atoms with E-state index in [2.05, 4.69) is 64.3 Å². The van der Waals surface area contributed by atoms with Crippen LogP contribution in [0.4, 0.5) is 0 Å². The van der Waals surface area contributed by atoms with E-state index in [1.54, 1.807) is 14.2 Å². The van der Waals surface area contributed by atoms with Gasteiger partial charge in [-0.2, -0.15) is 0 Å². The highest BCUT2D eigenvalue weighted by molar-refractivity contribution is 9.10. The molecule has 3 nitrogen and oxygen atoms in total. The van der Waals surface area contributed by atoms with Gasteiger partial charge in [0, 0.05) is 17.1 Å². The molecular formula is C20H24BrNO2. The molecule has 0 saturated heterocycles. The number of rotatable bonds is 5. The Bertz CT molecular complexity index is 700. The van der Waals surface area contributed by atoms with Crippen molar-refractivity contribution in [3.05, 3.63) is 57.6 Å². The van der Waals surface area contributed by atoms with Gasteiger partial charge in [0.2, 0.25) is 0 Å². The van der Waals surface area contributed by atoms with E-state index >= 15 is 0 Å². The molecular weight excluding hydrogens is 366 g/mol. The van der Waals surface area contributed by atoms with E-state index < -0.39 is 0 Å². The largest absolute Gasteiger partial charge is 0.493 e.